The molecule has 0 amide bonds. The Balaban J connectivity index is 2.93. The highest BCUT2D eigenvalue weighted by Crippen LogP contribution is 2.24. The largest absolute Gasteiger partial charge is 0.387 e. The summed E-state index contributed by atoms with van der Waals surface area (Å²) in [6.07, 6.45) is -11.9. The van der Waals surface area contributed by atoms with Crippen molar-refractivity contribution >= 4 is 0 Å². The van der Waals surface area contributed by atoms with Crippen LogP contribution in [0.3, 0.4) is 0 Å². The molecule has 8 N–H and O–H groups in total. The summed E-state index contributed by atoms with van der Waals surface area (Å²) in [6.45, 7) is 0. The maximum atomic E-state index is 9.50. The van der Waals surface area contributed by atoms with Crippen molar-refractivity contribution in [2.24, 2.45) is 0 Å². The third-order valence-corrected chi connectivity index (χ3v) is 2.70. The SMILES string of the molecule is OC(O)C(O)C(O)C1=CC(O)C(O)C(O)C1O. The van der Waals surface area contributed by atoms with Crippen LogP contribution in [0.25, 0.3) is 0 Å². The van der Waals surface area contributed by atoms with Crippen LogP contribution in [0, 0.1) is 0 Å². The predicted molar refractivity (Wildman–Crippen MR) is 52.3 cm³/mol. The Bertz CT molecular complexity index is 291. The fraction of sp³-hybridized carbons (Fsp3) is 0.778. The smallest absolute Gasteiger partial charge is 0.181 e. The Morgan fingerprint density at radius 3 is 1.88 bits per heavy atom. The van der Waals surface area contributed by atoms with E-state index in [1.807, 2.05) is 0 Å². The first-order valence-electron chi connectivity index (χ1n) is 4.93. The zero-order chi connectivity index (χ0) is 13.3. The highest BCUT2D eigenvalue weighted by molar-refractivity contribution is 5.24. The number of rotatable bonds is 3. The summed E-state index contributed by atoms with van der Waals surface area (Å²) in [6, 6.07) is 0. The zero-order valence-corrected chi connectivity index (χ0v) is 8.70. The van der Waals surface area contributed by atoms with Crippen LogP contribution in [0.15, 0.2) is 11.6 Å². The van der Waals surface area contributed by atoms with E-state index < -0.39 is 48.5 Å². The summed E-state index contributed by atoms with van der Waals surface area (Å²) < 4.78 is 0. The normalized spacial score (nSPS) is 37.8. The summed E-state index contributed by atoms with van der Waals surface area (Å²) in [5, 5.41) is 73.3. The lowest BCUT2D eigenvalue weighted by Crippen LogP contribution is -2.52. The summed E-state index contributed by atoms with van der Waals surface area (Å²) in [5.41, 5.74) is -0.393. The van der Waals surface area contributed by atoms with Crippen LogP contribution < -0.4 is 0 Å². The van der Waals surface area contributed by atoms with Gasteiger partial charge in [0.15, 0.2) is 6.29 Å². The predicted octanol–water partition coefficient (Wildman–Crippen LogP) is -4.60. The van der Waals surface area contributed by atoms with E-state index in [4.69, 9.17) is 10.2 Å². The molecular weight excluding hydrogens is 236 g/mol. The van der Waals surface area contributed by atoms with Gasteiger partial charge in [0.25, 0.3) is 0 Å². The van der Waals surface area contributed by atoms with Crippen LogP contribution >= 0.6 is 0 Å². The van der Waals surface area contributed by atoms with Gasteiger partial charge in [0.05, 0.1) is 0 Å². The lowest BCUT2D eigenvalue weighted by atomic mass is 9.85. The Morgan fingerprint density at radius 1 is 0.882 bits per heavy atom. The fourth-order valence-corrected chi connectivity index (χ4v) is 1.61. The van der Waals surface area contributed by atoms with Crippen LogP contribution in [0.2, 0.25) is 0 Å². The molecule has 8 nitrogen and oxygen atoms in total. The average Bonchev–Trinajstić information content (AvgIpc) is 2.29. The van der Waals surface area contributed by atoms with Gasteiger partial charge in [-0.05, 0) is 11.6 Å². The van der Waals surface area contributed by atoms with E-state index in [2.05, 4.69) is 0 Å². The number of aliphatic hydroxyl groups is 8. The second-order valence-corrected chi connectivity index (χ2v) is 3.93. The van der Waals surface area contributed by atoms with Crippen LogP contribution in [-0.2, 0) is 0 Å². The minimum absolute atomic E-state index is 0.393. The highest BCUT2D eigenvalue weighted by Gasteiger charge is 2.41. The Labute approximate surface area is 96.3 Å². The first kappa shape index (κ1) is 14.5. The monoisotopic (exact) mass is 252 g/mol. The molecule has 6 unspecified atom stereocenters. The van der Waals surface area contributed by atoms with Crippen LogP contribution in [-0.4, -0.2) is 83.8 Å². The van der Waals surface area contributed by atoms with Gasteiger partial charge in [-0.1, -0.05) is 0 Å². The molecule has 1 aliphatic rings. The Hall–Kier alpha value is -0.580. The molecule has 0 saturated heterocycles. The van der Waals surface area contributed by atoms with Gasteiger partial charge in [-0.2, -0.15) is 0 Å². The van der Waals surface area contributed by atoms with E-state index in [1.165, 1.54) is 0 Å². The van der Waals surface area contributed by atoms with Gasteiger partial charge in [0, 0.05) is 0 Å². The molecular formula is C9H16O8. The number of aliphatic hydroxyl groups excluding tert-OH is 7. The van der Waals surface area contributed by atoms with Crippen molar-refractivity contribution in [1.82, 2.24) is 0 Å². The molecule has 0 saturated carbocycles. The van der Waals surface area contributed by atoms with Crippen molar-refractivity contribution < 1.29 is 40.9 Å². The third-order valence-electron chi connectivity index (χ3n) is 2.70. The molecule has 1 rings (SSSR count). The van der Waals surface area contributed by atoms with Crippen LogP contribution in [0.5, 0.6) is 0 Å². The third kappa shape index (κ3) is 2.81. The maximum Gasteiger partial charge on any atom is 0.181 e. The molecule has 0 radical (unpaired) electrons. The van der Waals surface area contributed by atoms with Gasteiger partial charge < -0.3 is 40.9 Å². The van der Waals surface area contributed by atoms with Crippen molar-refractivity contribution in [3.8, 4) is 0 Å². The van der Waals surface area contributed by atoms with Crippen LogP contribution in [0.1, 0.15) is 0 Å². The number of hydrogen-bond donors (Lipinski definition) is 8. The number of hydrogen-bond acceptors (Lipinski definition) is 8. The minimum Gasteiger partial charge on any atom is -0.387 e. The summed E-state index contributed by atoms with van der Waals surface area (Å²) in [7, 11) is 0. The van der Waals surface area contributed by atoms with Gasteiger partial charge >= 0.3 is 0 Å². The lowest BCUT2D eigenvalue weighted by molar-refractivity contribution is -0.158. The van der Waals surface area contributed by atoms with Crippen molar-refractivity contribution in [2.45, 2.75) is 42.9 Å². The van der Waals surface area contributed by atoms with Crippen molar-refractivity contribution in [1.29, 1.82) is 0 Å². The minimum atomic E-state index is -2.25. The fourth-order valence-electron chi connectivity index (χ4n) is 1.61. The molecule has 0 heterocycles. The molecule has 0 spiro atoms. The molecule has 0 aromatic heterocycles. The first-order valence-corrected chi connectivity index (χ1v) is 4.93. The molecule has 100 valence electrons. The van der Waals surface area contributed by atoms with Gasteiger partial charge in [-0.15, -0.1) is 0 Å². The van der Waals surface area contributed by atoms with Gasteiger partial charge in [-0.25, -0.2) is 0 Å². The average molecular weight is 252 g/mol. The standard InChI is InChI=1S/C9H16O8/c10-3-1-2(4(11)7(14)6(3)13)5(12)8(15)9(16)17/h1,3-17H. The molecule has 0 aromatic carbocycles. The van der Waals surface area contributed by atoms with Gasteiger partial charge in [0.1, 0.15) is 36.6 Å². The lowest BCUT2D eigenvalue weighted by Gasteiger charge is -2.35. The second-order valence-electron chi connectivity index (χ2n) is 3.93. The van der Waals surface area contributed by atoms with E-state index >= 15 is 0 Å². The molecule has 0 aliphatic heterocycles. The maximum absolute atomic E-state index is 9.50. The second kappa shape index (κ2) is 5.38. The van der Waals surface area contributed by atoms with Crippen molar-refractivity contribution in [2.75, 3.05) is 0 Å². The molecule has 17 heavy (non-hydrogen) atoms. The molecule has 8 heteroatoms. The van der Waals surface area contributed by atoms with Crippen molar-refractivity contribution in [3.63, 3.8) is 0 Å². The quantitative estimate of drug-likeness (QED) is 0.184. The Morgan fingerprint density at radius 2 is 1.41 bits per heavy atom. The first-order chi connectivity index (χ1) is 7.77. The van der Waals surface area contributed by atoms with Crippen molar-refractivity contribution in [3.05, 3.63) is 11.6 Å². The van der Waals surface area contributed by atoms with E-state index in [0.29, 0.717) is 0 Å². The Kier molecular flexibility index (Phi) is 4.58. The van der Waals surface area contributed by atoms with Gasteiger partial charge in [-0.3, -0.25) is 0 Å². The van der Waals surface area contributed by atoms with E-state index in [1.54, 1.807) is 0 Å². The summed E-state index contributed by atoms with van der Waals surface area (Å²) >= 11 is 0. The molecule has 0 bridgehead atoms. The van der Waals surface area contributed by atoms with E-state index in [0.717, 1.165) is 6.08 Å². The molecule has 1 aliphatic carbocycles. The highest BCUT2D eigenvalue weighted by atomic mass is 16.5. The van der Waals surface area contributed by atoms with Crippen LogP contribution in [0.4, 0.5) is 0 Å². The zero-order valence-electron chi connectivity index (χ0n) is 8.70. The summed E-state index contributed by atoms with van der Waals surface area (Å²) in [4.78, 5) is 0. The summed E-state index contributed by atoms with van der Waals surface area (Å²) in [5.74, 6) is 0. The molecule has 0 aromatic rings. The topological polar surface area (TPSA) is 162 Å². The molecule has 6 atom stereocenters. The van der Waals surface area contributed by atoms with Gasteiger partial charge in [0.2, 0.25) is 0 Å². The van der Waals surface area contributed by atoms with E-state index in [9.17, 15) is 30.6 Å². The molecule has 0 fully saturated rings. The van der Waals surface area contributed by atoms with E-state index in [-0.39, 0.29) is 0 Å².